The van der Waals surface area contributed by atoms with Crippen LogP contribution in [0.2, 0.25) is 0 Å². The molecule has 8 heteroatoms. The van der Waals surface area contributed by atoms with Gasteiger partial charge < -0.3 is 19.8 Å². The van der Waals surface area contributed by atoms with Crippen molar-refractivity contribution in [1.29, 1.82) is 0 Å². The van der Waals surface area contributed by atoms with Crippen molar-refractivity contribution >= 4 is 5.96 Å². The number of rotatable bonds is 9. The van der Waals surface area contributed by atoms with Crippen molar-refractivity contribution in [1.82, 2.24) is 15.5 Å². The highest BCUT2D eigenvalue weighted by Gasteiger charge is 2.20. The lowest BCUT2D eigenvalue weighted by molar-refractivity contribution is 0.197. The van der Waals surface area contributed by atoms with Gasteiger partial charge in [-0.25, -0.2) is 8.78 Å². The SMILES string of the molecule is COCCN=C(NCCc1ccco1)NC1CCN(Cc2ccc(F)c(F)c2)CC1. The second-order valence-corrected chi connectivity index (χ2v) is 7.42. The molecule has 0 atom stereocenters. The summed E-state index contributed by atoms with van der Waals surface area (Å²) in [6.07, 6.45) is 4.36. The molecule has 0 bridgehead atoms. The molecule has 0 spiro atoms. The van der Waals surface area contributed by atoms with Crippen molar-refractivity contribution in [3.05, 3.63) is 59.6 Å². The second kappa shape index (κ2) is 11.7. The number of aliphatic imine (C=N–C) groups is 1. The van der Waals surface area contributed by atoms with Gasteiger partial charge in [-0.05, 0) is 42.7 Å². The lowest BCUT2D eigenvalue weighted by atomic mass is 10.0. The fourth-order valence-electron chi connectivity index (χ4n) is 3.49. The van der Waals surface area contributed by atoms with Crippen LogP contribution in [0.4, 0.5) is 8.78 Å². The van der Waals surface area contributed by atoms with Gasteiger partial charge in [-0.3, -0.25) is 9.89 Å². The van der Waals surface area contributed by atoms with Crippen molar-refractivity contribution in [2.45, 2.75) is 31.8 Å². The maximum atomic E-state index is 13.4. The van der Waals surface area contributed by atoms with Crippen molar-refractivity contribution in [2.75, 3.05) is 39.9 Å². The lowest BCUT2D eigenvalue weighted by Gasteiger charge is -2.33. The van der Waals surface area contributed by atoms with Crippen molar-refractivity contribution in [3.63, 3.8) is 0 Å². The number of piperidine rings is 1. The summed E-state index contributed by atoms with van der Waals surface area (Å²) in [7, 11) is 1.66. The van der Waals surface area contributed by atoms with Gasteiger partial charge in [0, 0.05) is 45.8 Å². The van der Waals surface area contributed by atoms with Gasteiger partial charge in [0.15, 0.2) is 17.6 Å². The van der Waals surface area contributed by atoms with E-state index in [1.54, 1.807) is 19.4 Å². The van der Waals surface area contributed by atoms with Crippen molar-refractivity contribution in [2.24, 2.45) is 4.99 Å². The number of guanidine groups is 1. The van der Waals surface area contributed by atoms with Gasteiger partial charge in [0.2, 0.25) is 0 Å². The Kier molecular flexibility index (Phi) is 8.65. The van der Waals surface area contributed by atoms with Crippen LogP contribution < -0.4 is 10.6 Å². The number of likely N-dealkylation sites (tertiary alicyclic amines) is 1. The van der Waals surface area contributed by atoms with Crippen molar-refractivity contribution < 1.29 is 17.9 Å². The molecule has 1 aromatic carbocycles. The molecule has 1 aliphatic heterocycles. The highest BCUT2D eigenvalue weighted by atomic mass is 19.2. The third-order valence-electron chi connectivity index (χ3n) is 5.13. The van der Waals surface area contributed by atoms with Gasteiger partial charge in [0.25, 0.3) is 0 Å². The predicted molar refractivity (Wildman–Crippen MR) is 112 cm³/mol. The quantitative estimate of drug-likeness (QED) is 0.371. The van der Waals surface area contributed by atoms with Crippen LogP contribution in [0, 0.1) is 11.6 Å². The Morgan fingerprint density at radius 2 is 2.07 bits per heavy atom. The van der Waals surface area contributed by atoms with Crippen LogP contribution in [0.5, 0.6) is 0 Å². The number of halogens is 2. The number of hydrogen-bond donors (Lipinski definition) is 2. The molecular formula is C22H30F2N4O2. The van der Waals surface area contributed by atoms with E-state index in [4.69, 9.17) is 9.15 Å². The van der Waals surface area contributed by atoms with Crippen LogP contribution in [0.3, 0.4) is 0 Å². The molecule has 2 aromatic rings. The maximum absolute atomic E-state index is 13.4. The average Bonchev–Trinajstić information content (AvgIpc) is 3.26. The van der Waals surface area contributed by atoms with Gasteiger partial charge in [0.1, 0.15) is 5.76 Å². The number of methoxy groups -OCH3 is 1. The minimum Gasteiger partial charge on any atom is -0.469 e. The number of nitrogens with one attached hydrogen (secondary N) is 2. The number of ether oxygens (including phenoxy) is 1. The van der Waals surface area contributed by atoms with Gasteiger partial charge in [-0.1, -0.05) is 6.07 Å². The third kappa shape index (κ3) is 7.11. The molecular weight excluding hydrogens is 390 g/mol. The lowest BCUT2D eigenvalue weighted by Crippen LogP contribution is -2.49. The van der Waals surface area contributed by atoms with Crippen LogP contribution in [-0.4, -0.2) is 56.8 Å². The first-order valence-electron chi connectivity index (χ1n) is 10.4. The summed E-state index contributed by atoms with van der Waals surface area (Å²) in [4.78, 5) is 6.84. The third-order valence-corrected chi connectivity index (χ3v) is 5.13. The van der Waals surface area contributed by atoms with E-state index in [2.05, 4.69) is 20.5 Å². The Labute approximate surface area is 176 Å². The van der Waals surface area contributed by atoms with E-state index in [1.807, 2.05) is 12.1 Å². The molecule has 164 valence electrons. The first-order chi connectivity index (χ1) is 14.6. The zero-order valence-electron chi connectivity index (χ0n) is 17.4. The van der Waals surface area contributed by atoms with E-state index in [9.17, 15) is 8.78 Å². The Balaban J connectivity index is 1.45. The zero-order chi connectivity index (χ0) is 21.2. The fraction of sp³-hybridized carbons (Fsp3) is 0.500. The Morgan fingerprint density at radius 1 is 1.23 bits per heavy atom. The van der Waals surface area contributed by atoms with Gasteiger partial charge in [-0.15, -0.1) is 0 Å². The predicted octanol–water partition coefficient (Wildman–Crippen LogP) is 2.95. The van der Waals surface area contributed by atoms with Crippen LogP contribution >= 0.6 is 0 Å². The largest absolute Gasteiger partial charge is 0.469 e. The molecule has 0 unspecified atom stereocenters. The number of hydrogen-bond acceptors (Lipinski definition) is 4. The highest BCUT2D eigenvalue weighted by molar-refractivity contribution is 5.80. The molecule has 1 aliphatic rings. The molecule has 0 saturated carbocycles. The van der Waals surface area contributed by atoms with Crippen LogP contribution in [0.25, 0.3) is 0 Å². The van der Waals surface area contributed by atoms with E-state index >= 15 is 0 Å². The second-order valence-electron chi connectivity index (χ2n) is 7.42. The summed E-state index contributed by atoms with van der Waals surface area (Å²) in [5.41, 5.74) is 0.793. The molecule has 2 N–H and O–H groups in total. The molecule has 0 radical (unpaired) electrons. The Bertz CT molecular complexity index is 790. The molecule has 2 heterocycles. The molecule has 0 aliphatic carbocycles. The number of furan rings is 1. The topological polar surface area (TPSA) is 62.0 Å². The monoisotopic (exact) mass is 420 g/mol. The van der Waals surface area contributed by atoms with Gasteiger partial charge in [0.05, 0.1) is 19.4 Å². The van der Waals surface area contributed by atoms with E-state index in [0.717, 1.165) is 56.2 Å². The average molecular weight is 421 g/mol. The first-order valence-corrected chi connectivity index (χ1v) is 10.4. The fourth-order valence-corrected chi connectivity index (χ4v) is 3.49. The maximum Gasteiger partial charge on any atom is 0.191 e. The Hall–Kier alpha value is -2.45. The van der Waals surface area contributed by atoms with E-state index in [0.29, 0.717) is 25.7 Å². The van der Waals surface area contributed by atoms with Crippen molar-refractivity contribution in [3.8, 4) is 0 Å². The summed E-state index contributed by atoms with van der Waals surface area (Å²) < 4.78 is 37.0. The van der Waals surface area contributed by atoms with Gasteiger partial charge in [-0.2, -0.15) is 0 Å². The summed E-state index contributed by atoms with van der Waals surface area (Å²) in [5, 5.41) is 6.87. The smallest absolute Gasteiger partial charge is 0.191 e. The number of benzene rings is 1. The van der Waals surface area contributed by atoms with Gasteiger partial charge >= 0.3 is 0 Å². The van der Waals surface area contributed by atoms with Crippen LogP contribution in [0.1, 0.15) is 24.2 Å². The molecule has 1 saturated heterocycles. The van der Waals surface area contributed by atoms with E-state index in [-0.39, 0.29) is 0 Å². The van der Waals surface area contributed by atoms with Crippen LogP contribution in [-0.2, 0) is 17.7 Å². The van der Waals surface area contributed by atoms with E-state index < -0.39 is 11.6 Å². The first kappa shape index (κ1) is 22.2. The molecule has 1 fully saturated rings. The summed E-state index contributed by atoms with van der Waals surface area (Å²) in [6, 6.07) is 8.27. The molecule has 0 amide bonds. The Morgan fingerprint density at radius 3 is 2.77 bits per heavy atom. The zero-order valence-corrected chi connectivity index (χ0v) is 17.4. The van der Waals surface area contributed by atoms with Crippen LogP contribution in [0.15, 0.2) is 46.0 Å². The minimum absolute atomic E-state index is 0.309. The molecule has 3 rings (SSSR count). The molecule has 1 aromatic heterocycles. The molecule has 30 heavy (non-hydrogen) atoms. The number of nitrogens with zero attached hydrogens (tertiary/aromatic N) is 2. The molecule has 6 nitrogen and oxygen atoms in total. The highest BCUT2D eigenvalue weighted by Crippen LogP contribution is 2.16. The van der Waals surface area contributed by atoms with E-state index in [1.165, 1.54) is 12.1 Å². The summed E-state index contributed by atoms with van der Waals surface area (Å²) in [6.45, 7) is 4.27. The normalized spacial score (nSPS) is 16.0. The summed E-state index contributed by atoms with van der Waals surface area (Å²) >= 11 is 0. The minimum atomic E-state index is -0.804. The standard InChI is InChI=1S/C22H30F2N4O2/c1-29-14-10-26-22(25-9-6-19-3-2-13-30-19)27-18-7-11-28(12-8-18)16-17-4-5-20(23)21(24)15-17/h2-5,13,15,18H,6-12,14,16H2,1H3,(H2,25,26,27). The summed E-state index contributed by atoms with van der Waals surface area (Å²) in [5.74, 6) is 0.116.